The molecular formula is C37H53N3O7. The Hall–Kier alpha value is -3.34. The Morgan fingerprint density at radius 1 is 1.00 bits per heavy atom. The molecule has 1 fully saturated rings. The number of amides is 2. The second kappa shape index (κ2) is 16.7. The zero-order valence-corrected chi connectivity index (χ0v) is 28.5. The van der Waals surface area contributed by atoms with Crippen LogP contribution >= 0.6 is 0 Å². The Balaban J connectivity index is 1.36. The first-order valence-electron chi connectivity index (χ1n) is 17.4. The molecule has 1 saturated carbocycles. The summed E-state index contributed by atoms with van der Waals surface area (Å²) in [5, 5.41) is 13.3. The fraction of sp³-hybridized carbons (Fsp3) is 0.622. The van der Waals surface area contributed by atoms with Gasteiger partial charge < -0.3 is 34.3 Å². The van der Waals surface area contributed by atoms with Gasteiger partial charge in [0, 0.05) is 43.8 Å². The largest absolute Gasteiger partial charge is 0.490 e. The fourth-order valence-corrected chi connectivity index (χ4v) is 6.79. The number of anilines is 1. The first-order valence-corrected chi connectivity index (χ1v) is 17.4. The van der Waals surface area contributed by atoms with Crippen molar-refractivity contribution in [2.45, 2.75) is 96.9 Å². The first-order chi connectivity index (χ1) is 22.7. The number of carbonyl (C=O) groups is 2. The molecule has 0 unspecified atom stereocenters. The Labute approximate surface area is 279 Å². The molecule has 5 rings (SSSR count). The molecule has 10 heteroatoms. The van der Waals surface area contributed by atoms with Crippen molar-refractivity contribution < 1.29 is 33.6 Å². The lowest BCUT2D eigenvalue weighted by Gasteiger charge is -2.36. The number of nitrogens with one attached hydrogen (secondary N) is 1. The van der Waals surface area contributed by atoms with E-state index in [1.807, 2.05) is 32.0 Å². The molecule has 0 spiro atoms. The maximum absolute atomic E-state index is 14.4. The lowest BCUT2D eigenvalue weighted by Crippen LogP contribution is -2.47. The molecule has 4 atom stereocenters. The second-order valence-electron chi connectivity index (χ2n) is 13.7. The highest BCUT2D eigenvalue weighted by molar-refractivity contribution is 6.00. The molecule has 2 N–H and O–H groups in total. The standard InChI is InChI=1S/C37H53N3O7/c1-25-20-40(26(2)23-41)37(43)31-19-30(38-36(42)29-11-6-5-7-12-29)14-16-32(31)47-27(3)10-8-9-17-44-35(25)22-39(4)21-28-13-15-33-34(18-28)46-24-45-33/h13-16,18-19,25-27,29,35,41H,5-12,17,20-24H2,1-4H3,(H,38,42)/t25-,26-,27-,35+/m1/s1. The maximum Gasteiger partial charge on any atom is 0.258 e. The number of hydrogen-bond acceptors (Lipinski definition) is 8. The monoisotopic (exact) mass is 651 g/mol. The topological polar surface area (TPSA) is 110 Å². The summed E-state index contributed by atoms with van der Waals surface area (Å²) >= 11 is 0. The molecule has 2 heterocycles. The van der Waals surface area contributed by atoms with E-state index < -0.39 is 6.04 Å². The lowest BCUT2D eigenvalue weighted by molar-refractivity contribution is -0.120. The van der Waals surface area contributed by atoms with Crippen LogP contribution in [-0.4, -0.2) is 85.1 Å². The molecular weight excluding hydrogens is 598 g/mol. The second-order valence-corrected chi connectivity index (χ2v) is 13.7. The van der Waals surface area contributed by atoms with Crippen molar-refractivity contribution in [3.05, 3.63) is 47.5 Å². The number of nitrogens with zero attached hydrogens (tertiary/aromatic N) is 2. The highest BCUT2D eigenvalue weighted by Gasteiger charge is 2.31. The van der Waals surface area contributed by atoms with Gasteiger partial charge in [0.2, 0.25) is 12.7 Å². The molecule has 10 nitrogen and oxygen atoms in total. The van der Waals surface area contributed by atoms with Crippen LogP contribution in [0.15, 0.2) is 36.4 Å². The summed E-state index contributed by atoms with van der Waals surface area (Å²) in [7, 11) is 2.07. The third kappa shape index (κ3) is 9.39. The number of rotatable bonds is 8. The quantitative estimate of drug-likeness (QED) is 0.365. The van der Waals surface area contributed by atoms with Gasteiger partial charge >= 0.3 is 0 Å². The minimum Gasteiger partial charge on any atom is -0.490 e. The smallest absolute Gasteiger partial charge is 0.258 e. The number of fused-ring (bicyclic) bond motifs is 2. The molecule has 0 saturated heterocycles. The summed E-state index contributed by atoms with van der Waals surface area (Å²) in [4.78, 5) is 31.5. The highest BCUT2D eigenvalue weighted by Crippen LogP contribution is 2.33. The van der Waals surface area contributed by atoms with Gasteiger partial charge in [-0.15, -0.1) is 0 Å². The van der Waals surface area contributed by atoms with Crippen LogP contribution in [-0.2, 0) is 16.1 Å². The summed E-state index contributed by atoms with van der Waals surface area (Å²) in [5.41, 5.74) is 2.09. The van der Waals surface area contributed by atoms with Gasteiger partial charge in [0.15, 0.2) is 11.5 Å². The third-order valence-electron chi connectivity index (χ3n) is 9.68. The number of benzene rings is 2. The van der Waals surface area contributed by atoms with Crippen LogP contribution < -0.4 is 19.5 Å². The van der Waals surface area contributed by atoms with Crippen molar-refractivity contribution in [3.8, 4) is 17.2 Å². The van der Waals surface area contributed by atoms with E-state index in [4.69, 9.17) is 18.9 Å². The fourth-order valence-electron chi connectivity index (χ4n) is 6.79. The van der Waals surface area contributed by atoms with E-state index in [-0.39, 0.29) is 49.3 Å². The van der Waals surface area contributed by atoms with Crippen LogP contribution in [0.4, 0.5) is 5.69 Å². The Kier molecular flexibility index (Phi) is 12.4. The van der Waals surface area contributed by atoms with Crippen LogP contribution in [0.1, 0.15) is 88.1 Å². The van der Waals surface area contributed by atoms with Crippen LogP contribution in [0.3, 0.4) is 0 Å². The molecule has 3 aliphatic rings. The van der Waals surface area contributed by atoms with Gasteiger partial charge in [-0.3, -0.25) is 14.5 Å². The Bertz CT molecular complexity index is 1350. The predicted molar refractivity (Wildman–Crippen MR) is 181 cm³/mol. The molecule has 0 radical (unpaired) electrons. The molecule has 0 bridgehead atoms. The zero-order chi connectivity index (χ0) is 33.3. The average molecular weight is 652 g/mol. The molecule has 2 aliphatic heterocycles. The predicted octanol–water partition coefficient (Wildman–Crippen LogP) is 5.86. The summed E-state index contributed by atoms with van der Waals surface area (Å²) in [6, 6.07) is 11.0. The molecule has 2 amide bonds. The maximum atomic E-state index is 14.4. The normalized spacial score (nSPS) is 23.5. The van der Waals surface area contributed by atoms with Crippen LogP contribution in [0.5, 0.6) is 17.2 Å². The molecule has 0 aromatic heterocycles. The van der Waals surface area contributed by atoms with Crippen molar-refractivity contribution in [3.63, 3.8) is 0 Å². The summed E-state index contributed by atoms with van der Waals surface area (Å²) in [5.74, 6) is 1.76. The molecule has 2 aromatic carbocycles. The zero-order valence-electron chi connectivity index (χ0n) is 28.5. The van der Waals surface area contributed by atoms with E-state index in [0.717, 1.165) is 62.0 Å². The number of aliphatic hydroxyl groups excluding tert-OH is 1. The van der Waals surface area contributed by atoms with E-state index in [2.05, 4.69) is 30.3 Å². The SMILES string of the molecule is C[C@@H]1CCCCO[C@@H](CN(C)Cc2ccc3c(c2)OCO3)[C@H](C)CN([C@H](C)CO)C(=O)c2cc(NC(=O)C3CCCCC3)ccc2O1. The van der Waals surface area contributed by atoms with Gasteiger partial charge in [0.25, 0.3) is 5.91 Å². The van der Waals surface area contributed by atoms with Crippen molar-refractivity contribution in [2.75, 3.05) is 45.5 Å². The third-order valence-corrected chi connectivity index (χ3v) is 9.68. The number of hydrogen-bond donors (Lipinski definition) is 2. The highest BCUT2D eigenvalue weighted by atomic mass is 16.7. The van der Waals surface area contributed by atoms with Gasteiger partial charge in [-0.2, -0.15) is 0 Å². The van der Waals surface area contributed by atoms with Gasteiger partial charge in [-0.05, 0) is 88.9 Å². The molecule has 2 aromatic rings. The van der Waals surface area contributed by atoms with E-state index >= 15 is 0 Å². The van der Waals surface area contributed by atoms with Crippen molar-refractivity contribution in [1.82, 2.24) is 9.80 Å². The molecule has 258 valence electrons. The number of ether oxygens (including phenoxy) is 4. The van der Waals surface area contributed by atoms with Crippen LogP contribution in [0.2, 0.25) is 0 Å². The number of aliphatic hydroxyl groups is 1. The lowest BCUT2D eigenvalue weighted by atomic mass is 9.88. The van der Waals surface area contributed by atoms with E-state index in [1.54, 1.807) is 17.0 Å². The Morgan fingerprint density at radius 3 is 2.53 bits per heavy atom. The summed E-state index contributed by atoms with van der Waals surface area (Å²) in [6.45, 7) is 8.41. The Morgan fingerprint density at radius 2 is 1.74 bits per heavy atom. The van der Waals surface area contributed by atoms with Crippen LogP contribution in [0, 0.1) is 11.8 Å². The molecule has 47 heavy (non-hydrogen) atoms. The average Bonchev–Trinajstić information content (AvgIpc) is 3.54. The van der Waals surface area contributed by atoms with Gasteiger partial charge in [-0.1, -0.05) is 32.3 Å². The van der Waals surface area contributed by atoms with Gasteiger partial charge in [0.05, 0.1) is 30.4 Å². The summed E-state index contributed by atoms with van der Waals surface area (Å²) in [6.07, 6.45) is 7.49. The first kappa shape index (κ1) is 35.0. The summed E-state index contributed by atoms with van der Waals surface area (Å²) < 4.78 is 23.9. The van der Waals surface area contributed by atoms with Crippen molar-refractivity contribution >= 4 is 17.5 Å². The minimum atomic E-state index is -0.435. The number of likely N-dealkylation sites (N-methyl/N-ethyl adjacent to an activating group) is 1. The van der Waals surface area contributed by atoms with Crippen molar-refractivity contribution in [2.24, 2.45) is 11.8 Å². The number of carbonyl (C=O) groups excluding carboxylic acids is 2. The minimum absolute atomic E-state index is 0.00346. The van der Waals surface area contributed by atoms with Crippen LogP contribution in [0.25, 0.3) is 0 Å². The van der Waals surface area contributed by atoms with E-state index in [1.165, 1.54) is 6.42 Å². The van der Waals surface area contributed by atoms with E-state index in [9.17, 15) is 14.7 Å². The van der Waals surface area contributed by atoms with E-state index in [0.29, 0.717) is 43.2 Å². The van der Waals surface area contributed by atoms with Gasteiger partial charge in [-0.25, -0.2) is 0 Å². The van der Waals surface area contributed by atoms with Gasteiger partial charge in [0.1, 0.15) is 5.75 Å². The molecule has 1 aliphatic carbocycles. The van der Waals surface area contributed by atoms with Crippen molar-refractivity contribution in [1.29, 1.82) is 0 Å².